The molecule has 0 fully saturated rings. The van der Waals surface area contributed by atoms with E-state index in [1.807, 2.05) is 36.8 Å². The molecule has 0 radical (unpaired) electrons. The standard InChI is InChI=1S/C32H20N2/c1-2-18-34-30(8-1)24-6-3-5-23(19-24)26-13-9-21-12-16-29-27(25-7-4-17-33-20-25)14-10-22-11-15-28(26)31(21)32(22)29/h1-20H. The molecule has 0 atom stereocenters. The third-order valence-electron chi connectivity index (χ3n) is 6.77. The lowest BCUT2D eigenvalue weighted by molar-refractivity contribution is 1.33. The van der Waals surface area contributed by atoms with Gasteiger partial charge in [-0.1, -0.05) is 78.9 Å². The Balaban J connectivity index is 1.51. The molecule has 0 unspecified atom stereocenters. The van der Waals surface area contributed by atoms with Gasteiger partial charge >= 0.3 is 0 Å². The van der Waals surface area contributed by atoms with Gasteiger partial charge in [-0.15, -0.1) is 0 Å². The molecule has 0 bridgehead atoms. The summed E-state index contributed by atoms with van der Waals surface area (Å²) >= 11 is 0. The molecule has 2 aromatic heterocycles. The maximum absolute atomic E-state index is 4.55. The molecule has 0 aliphatic heterocycles. The van der Waals surface area contributed by atoms with Crippen LogP contribution in [0.2, 0.25) is 0 Å². The van der Waals surface area contributed by atoms with E-state index in [1.165, 1.54) is 49.0 Å². The Morgan fingerprint density at radius 2 is 1.15 bits per heavy atom. The van der Waals surface area contributed by atoms with Crippen LogP contribution < -0.4 is 0 Å². The summed E-state index contributed by atoms with van der Waals surface area (Å²) in [6, 6.07) is 36.9. The van der Waals surface area contributed by atoms with Crippen molar-refractivity contribution in [3.05, 3.63) is 122 Å². The van der Waals surface area contributed by atoms with E-state index in [-0.39, 0.29) is 0 Å². The predicted octanol–water partition coefficient (Wildman–Crippen LogP) is 8.38. The first-order chi connectivity index (χ1) is 16.9. The molecule has 2 nitrogen and oxygen atoms in total. The molecule has 7 aromatic rings. The number of nitrogens with zero attached hydrogens (tertiary/aromatic N) is 2. The van der Waals surface area contributed by atoms with Gasteiger partial charge in [0, 0.05) is 29.7 Å². The topological polar surface area (TPSA) is 25.8 Å². The summed E-state index contributed by atoms with van der Waals surface area (Å²) in [6.07, 6.45) is 5.61. The van der Waals surface area contributed by atoms with Crippen molar-refractivity contribution in [3.8, 4) is 33.5 Å². The van der Waals surface area contributed by atoms with Crippen LogP contribution in [0.5, 0.6) is 0 Å². The summed E-state index contributed by atoms with van der Waals surface area (Å²) in [5.74, 6) is 0. The van der Waals surface area contributed by atoms with E-state index in [0.717, 1.165) is 16.8 Å². The van der Waals surface area contributed by atoms with Crippen molar-refractivity contribution in [2.24, 2.45) is 0 Å². The third-order valence-corrected chi connectivity index (χ3v) is 6.77. The highest BCUT2D eigenvalue weighted by atomic mass is 14.7. The summed E-state index contributed by atoms with van der Waals surface area (Å²) < 4.78 is 0. The number of hydrogen-bond acceptors (Lipinski definition) is 2. The van der Waals surface area contributed by atoms with Crippen LogP contribution in [-0.2, 0) is 0 Å². The van der Waals surface area contributed by atoms with Crippen LogP contribution in [0.1, 0.15) is 0 Å². The first-order valence-corrected chi connectivity index (χ1v) is 11.5. The summed E-state index contributed by atoms with van der Waals surface area (Å²) in [4.78, 5) is 8.90. The molecule has 0 amide bonds. The predicted molar refractivity (Wildman–Crippen MR) is 142 cm³/mol. The fourth-order valence-electron chi connectivity index (χ4n) is 5.21. The van der Waals surface area contributed by atoms with Crippen LogP contribution in [0.25, 0.3) is 65.8 Å². The second kappa shape index (κ2) is 7.50. The van der Waals surface area contributed by atoms with Crippen LogP contribution in [0.4, 0.5) is 0 Å². The molecule has 7 rings (SSSR count). The molecule has 158 valence electrons. The fraction of sp³-hybridized carbons (Fsp3) is 0. The lowest BCUT2D eigenvalue weighted by Crippen LogP contribution is -1.90. The second-order valence-electron chi connectivity index (χ2n) is 8.69. The smallest absolute Gasteiger partial charge is 0.0702 e. The van der Waals surface area contributed by atoms with Crippen molar-refractivity contribution in [1.82, 2.24) is 9.97 Å². The Morgan fingerprint density at radius 3 is 1.82 bits per heavy atom. The lowest BCUT2D eigenvalue weighted by Gasteiger charge is -2.16. The lowest BCUT2D eigenvalue weighted by atomic mass is 9.87. The molecule has 2 heterocycles. The molecule has 0 spiro atoms. The number of benzene rings is 5. The minimum atomic E-state index is 0.989. The van der Waals surface area contributed by atoms with E-state index >= 15 is 0 Å². The maximum atomic E-state index is 4.55. The molecule has 2 heteroatoms. The summed E-state index contributed by atoms with van der Waals surface area (Å²) in [5, 5.41) is 7.71. The Hall–Kier alpha value is -4.56. The van der Waals surface area contributed by atoms with E-state index in [4.69, 9.17) is 0 Å². The summed E-state index contributed by atoms with van der Waals surface area (Å²) in [7, 11) is 0. The van der Waals surface area contributed by atoms with Crippen molar-refractivity contribution < 1.29 is 0 Å². The Bertz CT molecular complexity index is 1790. The van der Waals surface area contributed by atoms with Gasteiger partial charge in [-0.05, 0) is 73.3 Å². The number of aromatic nitrogens is 2. The molecular formula is C32H20N2. The van der Waals surface area contributed by atoms with Gasteiger partial charge in [0.2, 0.25) is 0 Å². The van der Waals surface area contributed by atoms with Gasteiger partial charge in [-0.25, -0.2) is 0 Å². The van der Waals surface area contributed by atoms with Crippen molar-refractivity contribution >= 4 is 32.3 Å². The Kier molecular flexibility index (Phi) is 4.18. The molecule has 0 saturated carbocycles. The SMILES string of the molecule is c1ccc(-c2cccc(-c3ccc4ccc5c(-c6cccnc6)ccc6ccc3c4c65)c2)nc1. The van der Waals surface area contributed by atoms with Gasteiger partial charge in [-0.2, -0.15) is 0 Å². The van der Waals surface area contributed by atoms with E-state index in [2.05, 4.69) is 94.9 Å². The van der Waals surface area contributed by atoms with E-state index in [9.17, 15) is 0 Å². The highest BCUT2D eigenvalue weighted by molar-refractivity contribution is 6.27. The van der Waals surface area contributed by atoms with Crippen LogP contribution in [0, 0.1) is 0 Å². The monoisotopic (exact) mass is 432 g/mol. The largest absolute Gasteiger partial charge is 0.264 e. The molecule has 34 heavy (non-hydrogen) atoms. The quantitative estimate of drug-likeness (QED) is 0.262. The fourth-order valence-corrected chi connectivity index (χ4v) is 5.21. The zero-order valence-corrected chi connectivity index (χ0v) is 18.4. The first-order valence-electron chi connectivity index (χ1n) is 11.5. The summed E-state index contributed by atoms with van der Waals surface area (Å²) in [6.45, 7) is 0. The Morgan fingerprint density at radius 1 is 0.471 bits per heavy atom. The van der Waals surface area contributed by atoms with Gasteiger partial charge in [-0.3, -0.25) is 9.97 Å². The van der Waals surface area contributed by atoms with Crippen LogP contribution >= 0.6 is 0 Å². The van der Waals surface area contributed by atoms with Gasteiger partial charge < -0.3 is 0 Å². The average molecular weight is 433 g/mol. The van der Waals surface area contributed by atoms with Crippen LogP contribution in [0.3, 0.4) is 0 Å². The molecule has 0 N–H and O–H groups in total. The zero-order valence-electron chi connectivity index (χ0n) is 18.4. The maximum Gasteiger partial charge on any atom is 0.0702 e. The summed E-state index contributed by atoms with van der Waals surface area (Å²) in [5.41, 5.74) is 6.92. The zero-order chi connectivity index (χ0) is 22.5. The van der Waals surface area contributed by atoms with Crippen molar-refractivity contribution in [1.29, 1.82) is 0 Å². The number of hydrogen-bond donors (Lipinski definition) is 0. The van der Waals surface area contributed by atoms with Crippen LogP contribution in [-0.4, -0.2) is 9.97 Å². The molecule has 0 aliphatic carbocycles. The van der Waals surface area contributed by atoms with Crippen molar-refractivity contribution in [2.45, 2.75) is 0 Å². The van der Waals surface area contributed by atoms with Gasteiger partial charge in [0.15, 0.2) is 0 Å². The van der Waals surface area contributed by atoms with Gasteiger partial charge in [0.1, 0.15) is 0 Å². The van der Waals surface area contributed by atoms with E-state index < -0.39 is 0 Å². The van der Waals surface area contributed by atoms with Gasteiger partial charge in [0.05, 0.1) is 5.69 Å². The molecule has 0 aliphatic rings. The van der Waals surface area contributed by atoms with E-state index in [0.29, 0.717) is 0 Å². The van der Waals surface area contributed by atoms with Crippen molar-refractivity contribution in [2.75, 3.05) is 0 Å². The minimum Gasteiger partial charge on any atom is -0.264 e. The minimum absolute atomic E-state index is 0.989. The van der Waals surface area contributed by atoms with Gasteiger partial charge in [0.25, 0.3) is 0 Å². The average Bonchev–Trinajstić information content (AvgIpc) is 2.92. The van der Waals surface area contributed by atoms with Crippen molar-refractivity contribution in [3.63, 3.8) is 0 Å². The highest BCUT2D eigenvalue weighted by Crippen LogP contribution is 2.42. The first kappa shape index (κ1) is 19.0. The van der Waals surface area contributed by atoms with Crippen LogP contribution in [0.15, 0.2) is 122 Å². The highest BCUT2D eigenvalue weighted by Gasteiger charge is 2.15. The second-order valence-corrected chi connectivity index (χ2v) is 8.69. The number of rotatable bonds is 3. The third kappa shape index (κ3) is 2.89. The number of pyridine rings is 2. The molecular weight excluding hydrogens is 412 g/mol. The Labute approximate surface area is 197 Å². The molecule has 0 saturated heterocycles. The normalized spacial score (nSPS) is 11.5. The molecule has 5 aromatic carbocycles. The van der Waals surface area contributed by atoms with E-state index in [1.54, 1.807) is 0 Å².